The fourth-order valence-corrected chi connectivity index (χ4v) is 3.87. The van der Waals surface area contributed by atoms with E-state index < -0.39 is 5.97 Å². The lowest BCUT2D eigenvalue weighted by Gasteiger charge is -2.11. The number of methoxy groups -OCH3 is 1. The molecule has 27 heavy (non-hydrogen) atoms. The zero-order chi connectivity index (χ0) is 20.1. The Balaban J connectivity index is 2.19. The SMILES string of the molecule is COC(=O)c1c(NC(=S)NCc2ccc(Cl)cc2)sc(C(=O)N(C)C)c1C. The Morgan fingerprint density at radius 2 is 1.89 bits per heavy atom. The third kappa shape index (κ3) is 5.18. The van der Waals surface area contributed by atoms with Gasteiger partial charge in [-0.25, -0.2) is 4.79 Å². The molecule has 0 spiro atoms. The number of halogens is 1. The first-order chi connectivity index (χ1) is 12.7. The largest absolute Gasteiger partial charge is 0.465 e. The van der Waals surface area contributed by atoms with Gasteiger partial charge in [-0.15, -0.1) is 11.3 Å². The van der Waals surface area contributed by atoms with Crippen molar-refractivity contribution in [3.8, 4) is 0 Å². The summed E-state index contributed by atoms with van der Waals surface area (Å²) < 4.78 is 4.86. The number of anilines is 1. The zero-order valence-electron chi connectivity index (χ0n) is 15.4. The second kappa shape index (κ2) is 9.16. The summed E-state index contributed by atoms with van der Waals surface area (Å²) in [5.74, 6) is -0.708. The lowest BCUT2D eigenvalue weighted by Crippen LogP contribution is -2.28. The molecule has 0 aliphatic carbocycles. The lowest BCUT2D eigenvalue weighted by molar-refractivity contribution is 0.0601. The quantitative estimate of drug-likeness (QED) is 0.562. The van der Waals surface area contributed by atoms with Crippen molar-refractivity contribution in [2.45, 2.75) is 13.5 Å². The molecule has 1 amide bonds. The normalized spacial score (nSPS) is 10.3. The average molecular weight is 426 g/mol. The first-order valence-electron chi connectivity index (χ1n) is 7.97. The van der Waals surface area contributed by atoms with Gasteiger partial charge >= 0.3 is 5.97 Å². The molecular weight excluding hydrogens is 406 g/mol. The summed E-state index contributed by atoms with van der Waals surface area (Å²) in [6, 6.07) is 7.38. The van der Waals surface area contributed by atoms with Gasteiger partial charge in [-0.3, -0.25) is 4.79 Å². The maximum atomic E-state index is 12.4. The zero-order valence-corrected chi connectivity index (χ0v) is 17.8. The highest BCUT2D eigenvalue weighted by molar-refractivity contribution is 7.80. The number of ether oxygens (including phenoxy) is 1. The lowest BCUT2D eigenvalue weighted by atomic mass is 10.1. The molecule has 1 aromatic heterocycles. The van der Waals surface area contributed by atoms with E-state index >= 15 is 0 Å². The van der Waals surface area contributed by atoms with Crippen LogP contribution < -0.4 is 10.6 Å². The minimum atomic E-state index is -0.524. The average Bonchev–Trinajstić information content (AvgIpc) is 2.95. The van der Waals surface area contributed by atoms with Crippen LogP contribution in [0.5, 0.6) is 0 Å². The van der Waals surface area contributed by atoms with E-state index in [2.05, 4.69) is 10.6 Å². The van der Waals surface area contributed by atoms with Gasteiger partial charge in [0.15, 0.2) is 5.11 Å². The van der Waals surface area contributed by atoms with Gasteiger partial charge in [0.2, 0.25) is 0 Å². The van der Waals surface area contributed by atoms with E-state index in [1.165, 1.54) is 23.3 Å². The Morgan fingerprint density at radius 3 is 2.44 bits per heavy atom. The van der Waals surface area contributed by atoms with Crippen LogP contribution in [0.1, 0.15) is 31.2 Å². The van der Waals surface area contributed by atoms with E-state index in [4.69, 9.17) is 28.6 Å². The molecule has 9 heteroatoms. The van der Waals surface area contributed by atoms with E-state index in [-0.39, 0.29) is 5.91 Å². The van der Waals surface area contributed by atoms with E-state index in [1.54, 1.807) is 33.2 Å². The van der Waals surface area contributed by atoms with Crippen molar-refractivity contribution in [3.63, 3.8) is 0 Å². The Bertz CT molecular complexity index is 863. The van der Waals surface area contributed by atoms with Crippen molar-refractivity contribution < 1.29 is 14.3 Å². The molecule has 2 N–H and O–H groups in total. The van der Waals surface area contributed by atoms with Crippen molar-refractivity contribution in [2.24, 2.45) is 0 Å². The predicted molar refractivity (Wildman–Crippen MR) is 113 cm³/mol. The van der Waals surface area contributed by atoms with Crippen molar-refractivity contribution in [3.05, 3.63) is 50.9 Å². The monoisotopic (exact) mass is 425 g/mol. The van der Waals surface area contributed by atoms with Crippen LogP contribution in [0.2, 0.25) is 5.02 Å². The molecule has 0 saturated heterocycles. The van der Waals surface area contributed by atoms with Crippen LogP contribution in [0, 0.1) is 6.92 Å². The highest BCUT2D eigenvalue weighted by atomic mass is 35.5. The van der Waals surface area contributed by atoms with E-state index in [1.807, 2.05) is 12.1 Å². The fourth-order valence-electron chi connectivity index (χ4n) is 2.29. The number of thiophene rings is 1. The minimum absolute atomic E-state index is 0.184. The minimum Gasteiger partial charge on any atom is -0.465 e. The van der Waals surface area contributed by atoms with E-state index in [0.29, 0.717) is 37.7 Å². The molecule has 144 valence electrons. The number of thiocarbonyl (C=S) groups is 1. The first kappa shape index (κ1) is 21.1. The van der Waals surface area contributed by atoms with E-state index in [0.717, 1.165) is 5.56 Å². The number of esters is 1. The number of benzene rings is 1. The third-order valence-corrected chi connectivity index (χ3v) is 5.42. The van der Waals surface area contributed by atoms with Gasteiger partial charge in [0.25, 0.3) is 5.91 Å². The van der Waals surface area contributed by atoms with Gasteiger partial charge < -0.3 is 20.3 Å². The van der Waals surface area contributed by atoms with Crippen LogP contribution in [-0.2, 0) is 11.3 Å². The molecule has 0 saturated carbocycles. The summed E-state index contributed by atoms with van der Waals surface area (Å²) in [7, 11) is 4.61. The second-order valence-electron chi connectivity index (χ2n) is 5.89. The molecule has 0 fully saturated rings. The van der Waals surface area contributed by atoms with Crippen molar-refractivity contribution in [1.29, 1.82) is 0 Å². The Kier molecular flexibility index (Phi) is 7.18. The van der Waals surface area contributed by atoms with Gasteiger partial charge in [-0.1, -0.05) is 23.7 Å². The molecule has 0 aliphatic heterocycles. The number of amides is 1. The van der Waals surface area contributed by atoms with Crippen LogP contribution in [0.3, 0.4) is 0 Å². The summed E-state index contributed by atoms with van der Waals surface area (Å²) in [5.41, 5.74) is 1.87. The molecule has 1 aromatic carbocycles. The molecule has 0 radical (unpaired) electrons. The molecule has 0 atom stereocenters. The van der Waals surface area contributed by atoms with Crippen LogP contribution in [0.4, 0.5) is 5.00 Å². The molecule has 0 bridgehead atoms. The standard InChI is InChI=1S/C18H20ClN3O3S2/c1-10-13(17(24)25-4)15(27-14(10)16(23)22(2)3)21-18(26)20-9-11-5-7-12(19)8-6-11/h5-8H,9H2,1-4H3,(H2,20,21,26). The summed E-state index contributed by atoms with van der Waals surface area (Å²) in [5, 5.41) is 7.54. The molecule has 6 nitrogen and oxygen atoms in total. The first-order valence-corrected chi connectivity index (χ1v) is 9.57. The number of hydrogen-bond donors (Lipinski definition) is 2. The third-order valence-electron chi connectivity index (χ3n) is 3.73. The predicted octanol–water partition coefficient (Wildman–Crippen LogP) is 3.68. The molecule has 2 rings (SSSR count). The highest BCUT2D eigenvalue weighted by Gasteiger charge is 2.26. The van der Waals surface area contributed by atoms with Gasteiger partial charge in [-0.2, -0.15) is 0 Å². The van der Waals surface area contributed by atoms with Gasteiger partial charge in [0, 0.05) is 25.7 Å². The molecule has 2 aromatic rings. The van der Waals surface area contributed by atoms with Crippen molar-refractivity contribution >= 4 is 57.1 Å². The number of nitrogens with zero attached hydrogens (tertiary/aromatic N) is 1. The van der Waals surface area contributed by atoms with Crippen LogP contribution in [-0.4, -0.2) is 43.1 Å². The van der Waals surface area contributed by atoms with Crippen molar-refractivity contribution in [1.82, 2.24) is 10.2 Å². The highest BCUT2D eigenvalue weighted by Crippen LogP contribution is 2.34. The second-order valence-corrected chi connectivity index (χ2v) is 7.75. The van der Waals surface area contributed by atoms with Gasteiger partial charge in [-0.05, 0) is 42.4 Å². The fraction of sp³-hybridized carbons (Fsp3) is 0.278. The number of rotatable bonds is 5. The van der Waals surface area contributed by atoms with Crippen LogP contribution in [0.25, 0.3) is 0 Å². The Hall–Kier alpha value is -2.16. The summed E-state index contributed by atoms with van der Waals surface area (Å²) >= 11 is 12.4. The van der Waals surface area contributed by atoms with Crippen LogP contribution >= 0.6 is 35.2 Å². The summed E-state index contributed by atoms with van der Waals surface area (Å²) in [6.07, 6.45) is 0. The van der Waals surface area contributed by atoms with E-state index in [9.17, 15) is 9.59 Å². The summed E-state index contributed by atoms with van der Waals surface area (Å²) in [6.45, 7) is 2.21. The van der Waals surface area contributed by atoms with Gasteiger partial charge in [0.05, 0.1) is 17.6 Å². The van der Waals surface area contributed by atoms with Crippen LogP contribution in [0.15, 0.2) is 24.3 Å². The number of carbonyl (C=O) groups excluding carboxylic acids is 2. The smallest absolute Gasteiger partial charge is 0.341 e. The molecule has 0 aliphatic rings. The Morgan fingerprint density at radius 1 is 1.26 bits per heavy atom. The maximum absolute atomic E-state index is 12.4. The van der Waals surface area contributed by atoms with Crippen molar-refractivity contribution in [2.75, 3.05) is 26.5 Å². The molecule has 0 unspecified atom stereocenters. The topological polar surface area (TPSA) is 70.7 Å². The number of carbonyl (C=O) groups is 2. The Labute approximate surface area is 172 Å². The molecule has 1 heterocycles. The molecular formula is C18H20ClN3O3S2. The van der Waals surface area contributed by atoms with Gasteiger partial charge in [0.1, 0.15) is 5.00 Å². The summed E-state index contributed by atoms with van der Waals surface area (Å²) in [4.78, 5) is 26.5. The maximum Gasteiger partial charge on any atom is 0.341 e. The number of hydrogen-bond acceptors (Lipinski definition) is 5. The number of nitrogens with one attached hydrogen (secondary N) is 2.